The van der Waals surface area contributed by atoms with Crippen molar-refractivity contribution in [3.63, 3.8) is 0 Å². The van der Waals surface area contributed by atoms with Gasteiger partial charge in [-0.25, -0.2) is 4.57 Å². The van der Waals surface area contributed by atoms with E-state index >= 15 is 0 Å². The molecule has 24 heavy (non-hydrogen) atoms. The summed E-state index contributed by atoms with van der Waals surface area (Å²) in [6.45, 7) is 6.58. The van der Waals surface area contributed by atoms with E-state index in [9.17, 15) is 0 Å². The van der Waals surface area contributed by atoms with Crippen molar-refractivity contribution in [1.82, 2.24) is 4.98 Å². The van der Waals surface area contributed by atoms with Crippen molar-refractivity contribution in [2.45, 2.75) is 26.7 Å². The second kappa shape index (κ2) is 5.45. The summed E-state index contributed by atoms with van der Waals surface area (Å²) in [6, 6.07) is 12.6. The summed E-state index contributed by atoms with van der Waals surface area (Å²) in [5.41, 5.74) is 7.60. The number of hydrogen-bond donors (Lipinski definition) is 0. The second-order valence-electron chi connectivity index (χ2n) is 6.73. The van der Waals surface area contributed by atoms with Crippen LogP contribution in [0.4, 0.5) is 0 Å². The van der Waals surface area contributed by atoms with Crippen molar-refractivity contribution in [1.29, 1.82) is 0 Å². The molecule has 1 aromatic carbocycles. The topological polar surface area (TPSA) is 29.9 Å². The zero-order chi connectivity index (χ0) is 16.8. The first-order chi connectivity index (χ1) is 11.5. The normalized spacial score (nSPS) is 11.7. The predicted molar refractivity (Wildman–Crippen MR) is 97.0 cm³/mol. The first kappa shape index (κ1) is 14.9. The molecule has 4 rings (SSSR count). The van der Waals surface area contributed by atoms with Crippen LogP contribution in [0.2, 0.25) is 0 Å². The zero-order valence-electron chi connectivity index (χ0n) is 14.5. The molecule has 0 aliphatic carbocycles. The molecule has 0 unspecified atom stereocenters. The molecule has 3 heterocycles. The molecule has 3 nitrogen and oxygen atoms in total. The molecule has 0 radical (unpaired) electrons. The minimum atomic E-state index is 0.523. The molecular formula is C21H21N2O+. The predicted octanol–water partition coefficient (Wildman–Crippen LogP) is 4.90. The molecule has 0 aliphatic rings. The van der Waals surface area contributed by atoms with Gasteiger partial charge in [-0.2, -0.15) is 0 Å². The highest BCUT2D eigenvalue weighted by molar-refractivity contribution is 6.03. The highest BCUT2D eigenvalue weighted by Gasteiger charge is 2.17. The van der Waals surface area contributed by atoms with Gasteiger partial charge in [0.25, 0.3) is 0 Å². The number of fused-ring (bicyclic) bond motifs is 3. The third-order valence-electron chi connectivity index (χ3n) is 4.67. The van der Waals surface area contributed by atoms with Crippen LogP contribution in [0.5, 0.6) is 0 Å². The van der Waals surface area contributed by atoms with E-state index in [1.54, 1.807) is 0 Å². The molecular weight excluding hydrogens is 296 g/mol. The number of furan rings is 1. The summed E-state index contributed by atoms with van der Waals surface area (Å²) in [4.78, 5) is 4.46. The molecule has 4 aromatic rings. The van der Waals surface area contributed by atoms with Crippen LogP contribution in [0.1, 0.15) is 30.9 Å². The molecule has 0 amide bonds. The summed E-state index contributed by atoms with van der Waals surface area (Å²) < 4.78 is 8.20. The van der Waals surface area contributed by atoms with Crippen molar-refractivity contribution < 1.29 is 8.98 Å². The lowest BCUT2D eigenvalue weighted by molar-refractivity contribution is -0.660. The average molecular weight is 317 g/mol. The first-order valence-corrected chi connectivity index (χ1v) is 8.32. The van der Waals surface area contributed by atoms with Gasteiger partial charge >= 0.3 is 0 Å². The minimum absolute atomic E-state index is 0.523. The Bertz CT molecular complexity index is 1060. The van der Waals surface area contributed by atoms with E-state index < -0.39 is 0 Å². The van der Waals surface area contributed by atoms with Crippen LogP contribution < -0.4 is 4.57 Å². The number of nitrogens with zero attached hydrogens (tertiary/aromatic N) is 2. The van der Waals surface area contributed by atoms with Gasteiger partial charge in [-0.3, -0.25) is 4.98 Å². The molecule has 0 N–H and O–H groups in total. The Morgan fingerprint density at radius 1 is 1.08 bits per heavy atom. The van der Waals surface area contributed by atoms with Crippen LogP contribution in [-0.4, -0.2) is 4.98 Å². The number of aromatic nitrogens is 2. The number of pyridine rings is 2. The lowest BCUT2D eigenvalue weighted by Crippen LogP contribution is -2.31. The van der Waals surface area contributed by atoms with Crippen LogP contribution in [0.15, 0.2) is 53.2 Å². The maximum atomic E-state index is 6.00. The van der Waals surface area contributed by atoms with Crippen LogP contribution in [0.3, 0.4) is 0 Å². The Labute approximate surface area is 141 Å². The highest BCUT2D eigenvalue weighted by Crippen LogP contribution is 2.32. The van der Waals surface area contributed by atoms with E-state index in [4.69, 9.17) is 4.42 Å². The molecule has 0 spiro atoms. The smallest absolute Gasteiger partial charge is 0.212 e. The van der Waals surface area contributed by atoms with E-state index in [2.05, 4.69) is 67.8 Å². The van der Waals surface area contributed by atoms with Gasteiger partial charge in [-0.1, -0.05) is 13.8 Å². The summed E-state index contributed by atoms with van der Waals surface area (Å²) in [5.74, 6) is 0.523. The van der Waals surface area contributed by atoms with Crippen LogP contribution in [0, 0.1) is 6.92 Å². The molecule has 0 aliphatic heterocycles. The Hall–Kier alpha value is -2.68. The van der Waals surface area contributed by atoms with E-state index in [1.165, 1.54) is 22.4 Å². The molecule has 120 valence electrons. The quantitative estimate of drug-likeness (QED) is 0.492. The van der Waals surface area contributed by atoms with Crippen molar-refractivity contribution in [2.24, 2.45) is 7.05 Å². The molecule has 3 aromatic heterocycles. The molecule has 0 bridgehead atoms. The summed E-state index contributed by atoms with van der Waals surface area (Å²) in [7, 11) is 2.10. The fourth-order valence-electron chi connectivity index (χ4n) is 3.28. The molecule has 0 saturated heterocycles. The summed E-state index contributed by atoms with van der Waals surface area (Å²) in [6.07, 6.45) is 4.02. The number of rotatable bonds is 2. The highest BCUT2D eigenvalue weighted by atomic mass is 16.3. The molecule has 0 saturated carbocycles. The van der Waals surface area contributed by atoms with Crippen LogP contribution >= 0.6 is 0 Å². The lowest BCUT2D eigenvalue weighted by Gasteiger charge is -2.08. The van der Waals surface area contributed by atoms with Gasteiger partial charge in [0.05, 0.1) is 5.56 Å². The summed E-state index contributed by atoms with van der Waals surface area (Å²) in [5, 5.41) is 1.08. The van der Waals surface area contributed by atoms with Crippen molar-refractivity contribution in [3.05, 3.63) is 59.9 Å². The maximum absolute atomic E-state index is 6.00. The Balaban J connectivity index is 1.94. The third kappa shape index (κ3) is 2.28. The first-order valence-electron chi connectivity index (χ1n) is 8.32. The molecule has 3 heteroatoms. The third-order valence-corrected chi connectivity index (χ3v) is 4.67. The molecule has 0 atom stereocenters. The Kier molecular flexibility index (Phi) is 3.38. The zero-order valence-corrected chi connectivity index (χ0v) is 14.5. The van der Waals surface area contributed by atoms with Gasteiger partial charge in [-0.05, 0) is 48.7 Å². The minimum Gasteiger partial charge on any atom is -0.454 e. The van der Waals surface area contributed by atoms with Gasteiger partial charge < -0.3 is 4.42 Å². The van der Waals surface area contributed by atoms with Crippen LogP contribution in [-0.2, 0) is 7.05 Å². The fraction of sp³-hybridized carbons (Fsp3) is 0.238. The Morgan fingerprint density at radius 2 is 1.92 bits per heavy atom. The van der Waals surface area contributed by atoms with Crippen LogP contribution in [0.25, 0.3) is 33.3 Å². The largest absolute Gasteiger partial charge is 0.454 e. The van der Waals surface area contributed by atoms with Gasteiger partial charge in [-0.15, -0.1) is 0 Å². The monoisotopic (exact) mass is 317 g/mol. The SMILES string of the molecule is Cc1cc2c(cc1-c1ccc(C(C)C)c[n+]1C)oc1cccnc12. The Morgan fingerprint density at radius 3 is 2.67 bits per heavy atom. The second-order valence-corrected chi connectivity index (χ2v) is 6.73. The van der Waals surface area contributed by atoms with Crippen molar-refractivity contribution >= 4 is 22.1 Å². The van der Waals surface area contributed by atoms with E-state index in [-0.39, 0.29) is 0 Å². The maximum Gasteiger partial charge on any atom is 0.212 e. The standard InChI is InChI=1S/C21H21N2O/c1-13(2)15-7-8-18(23(4)12-15)16-11-20-17(10-14(16)3)21-19(24-20)6-5-9-22-21/h5-13H,1-4H3/q+1. The van der Waals surface area contributed by atoms with Crippen molar-refractivity contribution in [2.75, 3.05) is 0 Å². The summed E-state index contributed by atoms with van der Waals surface area (Å²) >= 11 is 0. The number of hydrogen-bond acceptors (Lipinski definition) is 2. The fourth-order valence-corrected chi connectivity index (χ4v) is 3.28. The van der Waals surface area contributed by atoms with E-state index in [0.717, 1.165) is 22.1 Å². The van der Waals surface area contributed by atoms with E-state index in [0.29, 0.717) is 5.92 Å². The van der Waals surface area contributed by atoms with Gasteiger partial charge in [0.15, 0.2) is 11.8 Å². The van der Waals surface area contributed by atoms with Crippen molar-refractivity contribution in [3.8, 4) is 11.3 Å². The van der Waals surface area contributed by atoms with Gasteiger partial charge in [0.1, 0.15) is 18.1 Å². The lowest BCUT2D eigenvalue weighted by atomic mass is 10.00. The van der Waals surface area contributed by atoms with Gasteiger partial charge in [0, 0.05) is 23.2 Å². The molecule has 0 fully saturated rings. The average Bonchev–Trinajstić information content (AvgIpc) is 2.92. The van der Waals surface area contributed by atoms with Gasteiger partial charge in [0.2, 0.25) is 5.69 Å². The van der Waals surface area contributed by atoms with E-state index in [1.807, 2.05) is 18.3 Å². The number of benzene rings is 1. The number of aryl methyl sites for hydroxylation is 2.